The third kappa shape index (κ3) is 5.58. The van der Waals surface area contributed by atoms with E-state index in [1.54, 1.807) is 17.8 Å². The number of thioether (sulfide) groups is 1. The van der Waals surface area contributed by atoms with Gasteiger partial charge in [0.2, 0.25) is 5.91 Å². The predicted octanol–water partition coefficient (Wildman–Crippen LogP) is 4.22. The molecule has 1 atom stereocenters. The number of benzene rings is 2. The average molecular weight is 492 g/mol. The second-order valence-corrected chi connectivity index (χ2v) is 10.2. The highest BCUT2D eigenvalue weighted by molar-refractivity contribution is 8.01. The molecule has 1 unspecified atom stereocenters. The Balaban J connectivity index is 1.28. The lowest BCUT2D eigenvalue weighted by Crippen LogP contribution is -2.54. The average Bonchev–Trinajstić information content (AvgIpc) is 3.26. The van der Waals surface area contributed by atoms with Crippen LogP contribution in [0, 0.1) is 0 Å². The summed E-state index contributed by atoms with van der Waals surface area (Å²) in [5.41, 5.74) is 1.56. The fraction of sp³-hybridized carbons (Fsp3) is 0.440. The number of nitrogens with zero attached hydrogens (tertiary/aromatic N) is 1. The summed E-state index contributed by atoms with van der Waals surface area (Å²) in [6.45, 7) is 3.32. The fourth-order valence-corrected chi connectivity index (χ4v) is 5.80. The van der Waals surface area contributed by atoms with Crippen LogP contribution in [0.4, 0.5) is 13.2 Å². The van der Waals surface area contributed by atoms with Crippen molar-refractivity contribution in [3.8, 4) is 0 Å². The molecule has 4 rings (SSSR count). The SMILES string of the molecule is CCc1ccc(C(=O)N2CCC3(CC2)NC(C(=O)NCc2cccc(C(F)(F)F)c2)CS3)cc1. The van der Waals surface area contributed by atoms with Crippen molar-refractivity contribution in [2.24, 2.45) is 0 Å². The zero-order chi connectivity index (χ0) is 24.3. The summed E-state index contributed by atoms with van der Waals surface area (Å²) in [5, 5.41) is 6.18. The van der Waals surface area contributed by atoms with Gasteiger partial charge in [-0.3, -0.25) is 14.9 Å². The lowest BCUT2D eigenvalue weighted by molar-refractivity contribution is -0.137. The van der Waals surface area contributed by atoms with Crippen LogP contribution in [0.1, 0.15) is 46.8 Å². The van der Waals surface area contributed by atoms with Crippen molar-refractivity contribution in [2.45, 2.75) is 49.8 Å². The second kappa shape index (κ2) is 10.00. The van der Waals surface area contributed by atoms with E-state index in [0.29, 0.717) is 30.0 Å². The number of nitrogens with one attached hydrogen (secondary N) is 2. The molecule has 0 radical (unpaired) electrons. The maximum atomic E-state index is 12.9. The Bertz CT molecular complexity index is 1030. The van der Waals surface area contributed by atoms with E-state index in [1.165, 1.54) is 11.6 Å². The molecule has 2 fully saturated rings. The van der Waals surface area contributed by atoms with E-state index in [9.17, 15) is 22.8 Å². The lowest BCUT2D eigenvalue weighted by atomic mass is 10.0. The zero-order valence-corrected chi connectivity index (χ0v) is 19.8. The van der Waals surface area contributed by atoms with Crippen molar-refractivity contribution >= 4 is 23.6 Å². The van der Waals surface area contributed by atoms with Crippen LogP contribution in [0.15, 0.2) is 48.5 Å². The van der Waals surface area contributed by atoms with Gasteiger partial charge in [-0.15, -0.1) is 11.8 Å². The first-order valence-corrected chi connectivity index (χ1v) is 12.4. The van der Waals surface area contributed by atoms with Gasteiger partial charge < -0.3 is 10.2 Å². The highest BCUT2D eigenvalue weighted by Crippen LogP contribution is 2.39. The molecule has 2 saturated heterocycles. The molecular weight excluding hydrogens is 463 g/mol. The van der Waals surface area contributed by atoms with E-state index in [1.807, 2.05) is 29.2 Å². The van der Waals surface area contributed by atoms with Crippen LogP contribution in [0.3, 0.4) is 0 Å². The number of piperidine rings is 1. The van der Waals surface area contributed by atoms with Gasteiger partial charge >= 0.3 is 6.18 Å². The molecular formula is C25H28F3N3O2S. The number of amides is 2. The molecule has 0 aromatic heterocycles. The molecule has 0 saturated carbocycles. The number of carbonyl (C=O) groups excluding carboxylic acids is 2. The van der Waals surface area contributed by atoms with Crippen molar-refractivity contribution in [2.75, 3.05) is 18.8 Å². The summed E-state index contributed by atoms with van der Waals surface area (Å²) in [5.74, 6) is 0.382. The third-order valence-electron chi connectivity index (χ3n) is 6.47. The van der Waals surface area contributed by atoms with Crippen LogP contribution in [0.25, 0.3) is 0 Å². The molecule has 2 aromatic rings. The van der Waals surface area contributed by atoms with E-state index >= 15 is 0 Å². The minimum atomic E-state index is -4.41. The number of carbonyl (C=O) groups is 2. The van der Waals surface area contributed by atoms with Gasteiger partial charge in [-0.25, -0.2) is 0 Å². The number of aryl methyl sites for hydroxylation is 1. The minimum Gasteiger partial charge on any atom is -0.351 e. The summed E-state index contributed by atoms with van der Waals surface area (Å²) in [6.07, 6.45) is -2.02. The number of hydrogen-bond donors (Lipinski definition) is 2. The molecule has 182 valence electrons. The maximum absolute atomic E-state index is 12.9. The van der Waals surface area contributed by atoms with E-state index in [2.05, 4.69) is 17.6 Å². The normalized spacial score (nSPS) is 19.9. The van der Waals surface area contributed by atoms with Crippen molar-refractivity contribution in [1.82, 2.24) is 15.5 Å². The van der Waals surface area contributed by atoms with Gasteiger partial charge in [0, 0.05) is 31.0 Å². The van der Waals surface area contributed by atoms with E-state index in [0.717, 1.165) is 31.4 Å². The van der Waals surface area contributed by atoms with E-state index < -0.39 is 17.8 Å². The first kappa shape index (κ1) is 24.6. The number of rotatable bonds is 5. The molecule has 2 aliphatic rings. The Morgan fingerprint density at radius 2 is 1.82 bits per heavy atom. The van der Waals surface area contributed by atoms with Gasteiger partial charge in [0.05, 0.1) is 16.5 Å². The standard InChI is InChI=1S/C25H28F3N3O2S/c1-2-17-6-8-19(9-7-17)23(33)31-12-10-24(11-13-31)30-21(16-34-24)22(32)29-15-18-4-3-5-20(14-18)25(26,27)28/h3-9,14,21,30H,2,10-13,15-16H2,1H3,(H,29,32). The molecule has 5 nitrogen and oxygen atoms in total. The highest BCUT2D eigenvalue weighted by atomic mass is 32.2. The molecule has 2 heterocycles. The molecule has 1 spiro atoms. The molecule has 0 bridgehead atoms. The monoisotopic (exact) mass is 491 g/mol. The molecule has 9 heteroatoms. The Morgan fingerprint density at radius 1 is 1.12 bits per heavy atom. The van der Waals surface area contributed by atoms with Crippen LogP contribution in [-0.2, 0) is 23.9 Å². The van der Waals surface area contributed by atoms with Crippen LogP contribution < -0.4 is 10.6 Å². The molecule has 2 N–H and O–H groups in total. The van der Waals surface area contributed by atoms with Gasteiger partial charge in [0.25, 0.3) is 5.91 Å². The lowest BCUT2D eigenvalue weighted by Gasteiger charge is -2.39. The summed E-state index contributed by atoms with van der Waals surface area (Å²) >= 11 is 1.69. The summed E-state index contributed by atoms with van der Waals surface area (Å²) in [6, 6.07) is 12.3. The second-order valence-electron chi connectivity index (χ2n) is 8.76. The van der Waals surface area contributed by atoms with Gasteiger partial charge in [-0.1, -0.05) is 31.2 Å². The molecule has 34 heavy (non-hydrogen) atoms. The summed E-state index contributed by atoms with van der Waals surface area (Å²) in [4.78, 5) is 27.1. The van der Waals surface area contributed by atoms with Gasteiger partial charge in [-0.05, 0) is 54.7 Å². The first-order chi connectivity index (χ1) is 16.2. The number of hydrogen-bond acceptors (Lipinski definition) is 4. The predicted molar refractivity (Wildman–Crippen MR) is 126 cm³/mol. The topological polar surface area (TPSA) is 61.4 Å². The third-order valence-corrected chi connectivity index (χ3v) is 8.05. The summed E-state index contributed by atoms with van der Waals surface area (Å²) < 4.78 is 38.7. The molecule has 0 aliphatic carbocycles. The Morgan fingerprint density at radius 3 is 2.47 bits per heavy atom. The zero-order valence-electron chi connectivity index (χ0n) is 19.0. The first-order valence-electron chi connectivity index (χ1n) is 11.4. The van der Waals surface area contributed by atoms with Crippen molar-refractivity contribution in [3.63, 3.8) is 0 Å². The molecule has 2 aromatic carbocycles. The van der Waals surface area contributed by atoms with Crippen molar-refractivity contribution < 1.29 is 22.8 Å². The fourth-order valence-electron chi connectivity index (χ4n) is 4.38. The number of halogens is 3. The van der Waals surface area contributed by atoms with Gasteiger partial charge in [0.1, 0.15) is 0 Å². The van der Waals surface area contributed by atoms with E-state index in [4.69, 9.17) is 0 Å². The summed E-state index contributed by atoms with van der Waals surface area (Å²) in [7, 11) is 0. The smallest absolute Gasteiger partial charge is 0.351 e. The molecule has 2 amide bonds. The van der Waals surface area contributed by atoms with Gasteiger partial charge in [0.15, 0.2) is 0 Å². The van der Waals surface area contributed by atoms with Crippen LogP contribution in [0.2, 0.25) is 0 Å². The largest absolute Gasteiger partial charge is 0.416 e. The Labute approximate surface area is 201 Å². The quantitative estimate of drug-likeness (QED) is 0.658. The maximum Gasteiger partial charge on any atom is 0.416 e. The van der Waals surface area contributed by atoms with E-state index in [-0.39, 0.29) is 23.2 Å². The van der Waals surface area contributed by atoms with Gasteiger partial charge in [-0.2, -0.15) is 13.2 Å². The van der Waals surface area contributed by atoms with Crippen LogP contribution in [-0.4, -0.2) is 46.5 Å². The van der Waals surface area contributed by atoms with Crippen molar-refractivity contribution in [3.05, 3.63) is 70.8 Å². The number of alkyl halides is 3. The highest BCUT2D eigenvalue weighted by Gasteiger charge is 2.44. The van der Waals surface area contributed by atoms with Crippen LogP contribution >= 0.6 is 11.8 Å². The van der Waals surface area contributed by atoms with Crippen LogP contribution in [0.5, 0.6) is 0 Å². The Hall–Kier alpha value is -2.52. The Kier molecular flexibility index (Phi) is 7.23. The number of likely N-dealkylation sites (tertiary alicyclic amines) is 1. The molecule has 2 aliphatic heterocycles. The van der Waals surface area contributed by atoms with Crippen molar-refractivity contribution in [1.29, 1.82) is 0 Å². The minimum absolute atomic E-state index is 0.0240.